The topological polar surface area (TPSA) is 47.6 Å². The van der Waals surface area contributed by atoms with Gasteiger partial charge in [-0.3, -0.25) is 4.79 Å². The first-order valence-electron chi connectivity index (χ1n) is 8.08. The number of ether oxygens (including phenoxy) is 2. The summed E-state index contributed by atoms with van der Waals surface area (Å²) in [7, 11) is 1.56. The van der Waals surface area contributed by atoms with E-state index >= 15 is 0 Å². The molecular weight excluding hydrogens is 333 g/mol. The predicted molar refractivity (Wildman–Crippen MR) is 98.1 cm³/mol. The van der Waals surface area contributed by atoms with Gasteiger partial charge < -0.3 is 14.8 Å². The molecule has 26 heavy (non-hydrogen) atoms. The van der Waals surface area contributed by atoms with E-state index in [9.17, 15) is 9.18 Å². The van der Waals surface area contributed by atoms with Gasteiger partial charge in [-0.15, -0.1) is 0 Å². The Balaban J connectivity index is 1.78. The van der Waals surface area contributed by atoms with Gasteiger partial charge in [-0.1, -0.05) is 30.3 Å². The van der Waals surface area contributed by atoms with E-state index in [1.807, 2.05) is 30.3 Å². The number of rotatable bonds is 6. The van der Waals surface area contributed by atoms with Crippen LogP contribution in [0, 0.1) is 5.82 Å². The molecule has 0 spiro atoms. The smallest absolute Gasteiger partial charge is 0.255 e. The molecule has 0 aliphatic rings. The zero-order chi connectivity index (χ0) is 18.4. The first-order chi connectivity index (χ1) is 12.7. The van der Waals surface area contributed by atoms with Gasteiger partial charge in [0.15, 0.2) is 0 Å². The summed E-state index contributed by atoms with van der Waals surface area (Å²) in [5, 5.41) is 2.57. The minimum absolute atomic E-state index is 0.135. The van der Waals surface area contributed by atoms with Gasteiger partial charge in [0, 0.05) is 11.1 Å². The standard InChI is InChI=1S/C21H18FNO3/c1-25-20-12-11-15(21(24)23-19-10-6-5-9-18(19)22)13-16(20)14-26-17-7-3-2-4-8-17/h2-13H,14H2,1H3,(H,23,24). The molecule has 5 heteroatoms. The average molecular weight is 351 g/mol. The van der Waals surface area contributed by atoms with E-state index in [1.165, 1.54) is 12.1 Å². The van der Waals surface area contributed by atoms with E-state index in [1.54, 1.807) is 37.4 Å². The van der Waals surface area contributed by atoms with E-state index in [0.717, 1.165) is 11.3 Å². The summed E-state index contributed by atoms with van der Waals surface area (Å²) < 4.78 is 24.8. The van der Waals surface area contributed by atoms with Crippen molar-refractivity contribution >= 4 is 11.6 Å². The zero-order valence-electron chi connectivity index (χ0n) is 14.2. The molecular formula is C21H18FNO3. The number of carbonyl (C=O) groups excluding carboxylic acids is 1. The average Bonchev–Trinajstić information content (AvgIpc) is 2.68. The van der Waals surface area contributed by atoms with Crippen molar-refractivity contribution in [1.82, 2.24) is 0 Å². The lowest BCUT2D eigenvalue weighted by Crippen LogP contribution is -2.13. The molecule has 3 aromatic carbocycles. The van der Waals surface area contributed by atoms with Crippen LogP contribution in [0.3, 0.4) is 0 Å². The molecule has 3 aromatic rings. The highest BCUT2D eigenvalue weighted by Crippen LogP contribution is 2.23. The summed E-state index contributed by atoms with van der Waals surface area (Å²) in [6, 6.07) is 20.4. The maximum Gasteiger partial charge on any atom is 0.255 e. The Morgan fingerprint density at radius 1 is 1.00 bits per heavy atom. The molecule has 0 saturated heterocycles. The van der Waals surface area contributed by atoms with Crippen molar-refractivity contribution in [2.45, 2.75) is 6.61 Å². The van der Waals surface area contributed by atoms with Gasteiger partial charge in [-0.25, -0.2) is 4.39 Å². The Labute approximate surface area is 151 Å². The van der Waals surface area contributed by atoms with E-state index in [0.29, 0.717) is 11.3 Å². The van der Waals surface area contributed by atoms with Gasteiger partial charge in [0.1, 0.15) is 23.9 Å². The molecule has 0 aromatic heterocycles. The van der Waals surface area contributed by atoms with E-state index < -0.39 is 11.7 Å². The third-order valence-electron chi connectivity index (χ3n) is 3.80. The van der Waals surface area contributed by atoms with Crippen LogP contribution in [0.15, 0.2) is 72.8 Å². The van der Waals surface area contributed by atoms with Crippen molar-refractivity contribution in [3.8, 4) is 11.5 Å². The van der Waals surface area contributed by atoms with E-state index in [2.05, 4.69) is 5.32 Å². The number of hydrogen-bond acceptors (Lipinski definition) is 3. The normalized spacial score (nSPS) is 10.2. The Hall–Kier alpha value is -3.34. The van der Waals surface area contributed by atoms with E-state index in [-0.39, 0.29) is 12.3 Å². The molecule has 0 aliphatic carbocycles. The molecule has 0 fully saturated rings. The van der Waals surface area contributed by atoms with Crippen molar-refractivity contribution < 1.29 is 18.7 Å². The van der Waals surface area contributed by atoms with Crippen LogP contribution in [-0.4, -0.2) is 13.0 Å². The fraction of sp³-hybridized carbons (Fsp3) is 0.0952. The number of hydrogen-bond donors (Lipinski definition) is 1. The van der Waals surface area contributed by atoms with Crippen molar-refractivity contribution in [2.75, 3.05) is 12.4 Å². The molecule has 132 valence electrons. The van der Waals surface area contributed by atoms with Crippen molar-refractivity contribution in [1.29, 1.82) is 0 Å². The number of methoxy groups -OCH3 is 1. The SMILES string of the molecule is COc1ccc(C(=O)Nc2ccccc2F)cc1COc1ccccc1. The van der Waals surface area contributed by atoms with Crippen molar-refractivity contribution in [3.05, 3.63) is 89.7 Å². The maximum absolute atomic E-state index is 13.7. The molecule has 0 unspecified atom stereocenters. The molecule has 0 radical (unpaired) electrons. The molecule has 0 heterocycles. The highest BCUT2D eigenvalue weighted by Gasteiger charge is 2.12. The summed E-state index contributed by atoms with van der Waals surface area (Å²) in [6.07, 6.45) is 0. The number of amides is 1. The highest BCUT2D eigenvalue weighted by molar-refractivity contribution is 6.04. The van der Waals surface area contributed by atoms with Crippen LogP contribution in [0.25, 0.3) is 0 Å². The molecule has 0 saturated carbocycles. The Morgan fingerprint density at radius 3 is 2.46 bits per heavy atom. The quantitative estimate of drug-likeness (QED) is 0.702. The minimum Gasteiger partial charge on any atom is -0.496 e. The van der Waals surface area contributed by atoms with Gasteiger partial charge in [0.05, 0.1) is 12.8 Å². The van der Waals surface area contributed by atoms with E-state index in [4.69, 9.17) is 9.47 Å². The maximum atomic E-state index is 13.7. The van der Waals surface area contributed by atoms with Crippen LogP contribution in [0.1, 0.15) is 15.9 Å². The molecule has 0 bridgehead atoms. The molecule has 0 atom stereocenters. The number of halogens is 1. The van der Waals surface area contributed by atoms with Crippen LogP contribution >= 0.6 is 0 Å². The summed E-state index contributed by atoms with van der Waals surface area (Å²) in [6.45, 7) is 0.244. The Kier molecular flexibility index (Phi) is 5.49. The minimum atomic E-state index is -0.484. The van der Waals surface area contributed by atoms with Gasteiger partial charge in [-0.2, -0.15) is 0 Å². The number of nitrogens with one attached hydrogen (secondary N) is 1. The van der Waals surface area contributed by atoms with Gasteiger partial charge in [0.25, 0.3) is 5.91 Å². The van der Waals surface area contributed by atoms with Crippen LogP contribution in [-0.2, 0) is 6.61 Å². The lowest BCUT2D eigenvalue weighted by atomic mass is 10.1. The number of carbonyl (C=O) groups is 1. The van der Waals surface area contributed by atoms with Crippen LogP contribution in [0.4, 0.5) is 10.1 Å². The predicted octanol–water partition coefficient (Wildman–Crippen LogP) is 4.67. The van der Waals surface area contributed by atoms with Crippen molar-refractivity contribution in [2.24, 2.45) is 0 Å². The molecule has 4 nitrogen and oxygen atoms in total. The van der Waals surface area contributed by atoms with Gasteiger partial charge in [-0.05, 0) is 42.5 Å². The second-order valence-electron chi connectivity index (χ2n) is 5.56. The summed E-state index contributed by atoms with van der Waals surface area (Å²) in [5.41, 5.74) is 1.24. The van der Waals surface area contributed by atoms with Crippen LogP contribution in [0.5, 0.6) is 11.5 Å². The molecule has 3 rings (SSSR count). The molecule has 0 aliphatic heterocycles. The van der Waals surface area contributed by atoms with Crippen LogP contribution in [0.2, 0.25) is 0 Å². The zero-order valence-corrected chi connectivity index (χ0v) is 14.2. The number of para-hydroxylation sites is 2. The summed E-state index contributed by atoms with van der Waals surface area (Å²) >= 11 is 0. The van der Waals surface area contributed by atoms with Crippen LogP contribution < -0.4 is 14.8 Å². The lowest BCUT2D eigenvalue weighted by Gasteiger charge is -2.12. The number of anilines is 1. The van der Waals surface area contributed by atoms with Gasteiger partial charge in [0.2, 0.25) is 0 Å². The third-order valence-corrected chi connectivity index (χ3v) is 3.80. The summed E-state index contributed by atoms with van der Waals surface area (Å²) in [4.78, 5) is 12.4. The Bertz CT molecular complexity index is 897. The monoisotopic (exact) mass is 351 g/mol. The van der Waals surface area contributed by atoms with Crippen molar-refractivity contribution in [3.63, 3.8) is 0 Å². The third kappa shape index (κ3) is 4.19. The second-order valence-corrected chi connectivity index (χ2v) is 5.56. The number of benzene rings is 3. The Morgan fingerprint density at radius 2 is 1.73 bits per heavy atom. The summed E-state index contributed by atoms with van der Waals surface area (Å²) in [5.74, 6) is 0.444. The highest BCUT2D eigenvalue weighted by atomic mass is 19.1. The largest absolute Gasteiger partial charge is 0.496 e. The second kappa shape index (κ2) is 8.16. The fourth-order valence-electron chi connectivity index (χ4n) is 2.47. The van der Waals surface area contributed by atoms with Gasteiger partial charge >= 0.3 is 0 Å². The fourth-order valence-corrected chi connectivity index (χ4v) is 2.47. The molecule has 1 N–H and O–H groups in total. The first-order valence-corrected chi connectivity index (χ1v) is 8.08. The lowest BCUT2D eigenvalue weighted by molar-refractivity contribution is 0.102. The first kappa shape index (κ1) is 17.5. The molecule has 1 amide bonds.